The molecule has 0 aliphatic rings. The molecule has 1 aromatic carbocycles. The number of nitriles is 1. The number of nitrogens with zero attached hydrogens (tertiary/aromatic N) is 6. The van der Waals surface area contributed by atoms with Gasteiger partial charge in [0.1, 0.15) is 11.5 Å². The minimum absolute atomic E-state index is 0.287. The molecule has 2 aromatic heterocycles. The van der Waals surface area contributed by atoms with E-state index in [-0.39, 0.29) is 6.42 Å². The van der Waals surface area contributed by atoms with Gasteiger partial charge in [0.2, 0.25) is 0 Å². The molecule has 0 atom stereocenters. The summed E-state index contributed by atoms with van der Waals surface area (Å²) in [5, 5.41) is 16.9. The fourth-order valence-electron chi connectivity index (χ4n) is 2.14. The maximum absolute atomic E-state index is 8.90. The first-order valence-electron chi connectivity index (χ1n) is 5.94. The van der Waals surface area contributed by atoms with Gasteiger partial charge < -0.3 is 4.57 Å². The first-order valence-corrected chi connectivity index (χ1v) is 5.94. The van der Waals surface area contributed by atoms with Crippen LogP contribution in [0.1, 0.15) is 11.5 Å². The highest BCUT2D eigenvalue weighted by atomic mass is 15.4. The quantitative estimate of drug-likeness (QED) is 0.704. The first-order chi connectivity index (χ1) is 9.28. The number of aromatic nitrogens is 5. The zero-order valence-corrected chi connectivity index (χ0v) is 10.5. The Morgan fingerprint density at radius 1 is 1.32 bits per heavy atom. The Kier molecular flexibility index (Phi) is 2.72. The highest BCUT2D eigenvalue weighted by Gasteiger charge is 2.11. The smallest absolute Gasteiger partial charge is 0.124 e. The minimum atomic E-state index is 0.287. The molecule has 3 rings (SSSR count). The molecule has 0 bridgehead atoms. The van der Waals surface area contributed by atoms with Crippen molar-refractivity contribution in [1.82, 2.24) is 24.5 Å². The third-order valence-corrected chi connectivity index (χ3v) is 2.94. The molecule has 0 fully saturated rings. The van der Waals surface area contributed by atoms with Crippen molar-refractivity contribution in [2.24, 2.45) is 7.05 Å². The lowest BCUT2D eigenvalue weighted by Gasteiger charge is -2.04. The lowest BCUT2D eigenvalue weighted by atomic mass is 10.3. The van der Waals surface area contributed by atoms with Crippen LogP contribution >= 0.6 is 0 Å². The van der Waals surface area contributed by atoms with Crippen LogP contribution in [0.3, 0.4) is 0 Å². The summed E-state index contributed by atoms with van der Waals surface area (Å²) < 4.78 is 3.68. The molecule has 0 amide bonds. The minimum Gasteiger partial charge on any atom is -0.321 e. The topological polar surface area (TPSA) is 72.3 Å². The lowest BCUT2D eigenvalue weighted by Crippen LogP contribution is -2.05. The van der Waals surface area contributed by atoms with Crippen molar-refractivity contribution in [1.29, 1.82) is 5.26 Å². The summed E-state index contributed by atoms with van der Waals surface area (Å²) in [6.07, 6.45) is 2.15. The predicted octanol–water partition coefficient (Wildman–Crippen LogP) is 1.28. The Bertz CT molecular complexity index is 761. The fourth-order valence-corrected chi connectivity index (χ4v) is 2.14. The van der Waals surface area contributed by atoms with Gasteiger partial charge in [0.25, 0.3) is 0 Å². The van der Waals surface area contributed by atoms with Crippen molar-refractivity contribution in [2.75, 3.05) is 0 Å². The van der Waals surface area contributed by atoms with Gasteiger partial charge in [-0.1, -0.05) is 17.3 Å². The second-order valence-electron chi connectivity index (χ2n) is 4.32. The molecule has 6 heteroatoms. The summed E-state index contributed by atoms with van der Waals surface area (Å²) in [4.78, 5) is 4.49. The van der Waals surface area contributed by atoms with E-state index in [0.717, 1.165) is 22.6 Å². The second kappa shape index (κ2) is 4.53. The normalized spacial score (nSPS) is 10.7. The van der Waals surface area contributed by atoms with Gasteiger partial charge in [0.05, 0.1) is 30.1 Å². The standard InChI is InChI=1S/C13H12N6/c1-18-8-10(16-17-18)9-19-12-5-3-2-4-11(12)15-13(19)6-7-14/h2-5,8H,6,9H2,1H3. The van der Waals surface area contributed by atoms with Crippen LogP contribution in [-0.4, -0.2) is 24.5 Å². The van der Waals surface area contributed by atoms with Gasteiger partial charge in [-0.15, -0.1) is 5.10 Å². The van der Waals surface area contributed by atoms with Gasteiger partial charge in [0, 0.05) is 13.2 Å². The largest absolute Gasteiger partial charge is 0.321 e. The van der Waals surface area contributed by atoms with E-state index in [4.69, 9.17) is 5.26 Å². The van der Waals surface area contributed by atoms with Crippen molar-refractivity contribution in [3.05, 3.63) is 42.0 Å². The summed E-state index contributed by atoms with van der Waals surface area (Å²) >= 11 is 0. The maximum Gasteiger partial charge on any atom is 0.124 e. The van der Waals surface area contributed by atoms with E-state index in [1.807, 2.05) is 42.1 Å². The van der Waals surface area contributed by atoms with Crippen LogP contribution in [0, 0.1) is 11.3 Å². The molecule has 0 saturated heterocycles. The molecule has 0 aliphatic carbocycles. The molecule has 2 heterocycles. The van der Waals surface area contributed by atoms with E-state index in [9.17, 15) is 0 Å². The van der Waals surface area contributed by atoms with Gasteiger partial charge in [0.15, 0.2) is 0 Å². The van der Waals surface area contributed by atoms with Crippen LogP contribution in [0.15, 0.2) is 30.5 Å². The van der Waals surface area contributed by atoms with Crippen LogP contribution in [0.4, 0.5) is 0 Å². The molecule has 0 saturated carbocycles. The maximum atomic E-state index is 8.90. The van der Waals surface area contributed by atoms with E-state index < -0.39 is 0 Å². The number of imidazole rings is 1. The fraction of sp³-hybridized carbons (Fsp3) is 0.231. The van der Waals surface area contributed by atoms with E-state index in [1.165, 1.54) is 0 Å². The summed E-state index contributed by atoms with van der Waals surface area (Å²) in [5.41, 5.74) is 2.76. The Balaban J connectivity index is 2.09. The molecule has 94 valence electrons. The molecular formula is C13H12N6. The number of aryl methyl sites for hydroxylation is 1. The number of para-hydroxylation sites is 2. The Labute approximate surface area is 109 Å². The zero-order valence-electron chi connectivity index (χ0n) is 10.5. The molecule has 0 N–H and O–H groups in total. The molecule has 3 aromatic rings. The number of hydrogen-bond acceptors (Lipinski definition) is 4. The van der Waals surface area contributed by atoms with Crippen molar-refractivity contribution >= 4 is 11.0 Å². The molecule has 0 radical (unpaired) electrons. The average Bonchev–Trinajstić information content (AvgIpc) is 2.96. The highest BCUT2D eigenvalue weighted by molar-refractivity contribution is 5.76. The average molecular weight is 252 g/mol. The summed E-state index contributed by atoms with van der Waals surface area (Å²) in [7, 11) is 1.83. The zero-order chi connectivity index (χ0) is 13.2. The van der Waals surface area contributed by atoms with E-state index in [0.29, 0.717) is 6.54 Å². The molecule has 0 spiro atoms. The summed E-state index contributed by atoms with van der Waals surface area (Å²) in [5.74, 6) is 0.759. The van der Waals surface area contributed by atoms with Crippen LogP contribution in [0.2, 0.25) is 0 Å². The Hall–Kier alpha value is -2.68. The van der Waals surface area contributed by atoms with Gasteiger partial charge >= 0.3 is 0 Å². The first kappa shape index (κ1) is 11.4. The SMILES string of the molecule is Cn1cc(Cn2c(CC#N)nc3ccccc32)nn1. The highest BCUT2D eigenvalue weighted by Crippen LogP contribution is 2.17. The lowest BCUT2D eigenvalue weighted by molar-refractivity contribution is 0.707. The van der Waals surface area contributed by atoms with Gasteiger partial charge in [-0.2, -0.15) is 5.26 Å². The number of fused-ring (bicyclic) bond motifs is 1. The number of hydrogen-bond donors (Lipinski definition) is 0. The third-order valence-electron chi connectivity index (χ3n) is 2.94. The predicted molar refractivity (Wildman–Crippen MR) is 69.2 cm³/mol. The van der Waals surface area contributed by atoms with Crippen LogP contribution in [0.5, 0.6) is 0 Å². The summed E-state index contributed by atoms with van der Waals surface area (Å²) in [6, 6.07) is 10.0. The van der Waals surface area contributed by atoms with Crippen molar-refractivity contribution in [3.63, 3.8) is 0 Å². The molecule has 6 nitrogen and oxygen atoms in total. The van der Waals surface area contributed by atoms with Gasteiger partial charge in [-0.05, 0) is 12.1 Å². The Morgan fingerprint density at radius 2 is 2.16 bits per heavy atom. The van der Waals surface area contributed by atoms with Gasteiger partial charge in [-0.25, -0.2) is 4.98 Å². The van der Waals surface area contributed by atoms with E-state index >= 15 is 0 Å². The second-order valence-corrected chi connectivity index (χ2v) is 4.32. The third kappa shape index (κ3) is 2.06. The van der Waals surface area contributed by atoms with E-state index in [2.05, 4.69) is 21.4 Å². The number of rotatable bonds is 3. The monoisotopic (exact) mass is 252 g/mol. The molecular weight excluding hydrogens is 240 g/mol. The summed E-state index contributed by atoms with van der Waals surface area (Å²) in [6.45, 7) is 0.575. The van der Waals surface area contributed by atoms with Crippen LogP contribution in [0.25, 0.3) is 11.0 Å². The van der Waals surface area contributed by atoms with Crippen molar-refractivity contribution in [2.45, 2.75) is 13.0 Å². The molecule has 0 unspecified atom stereocenters. The van der Waals surface area contributed by atoms with Crippen molar-refractivity contribution in [3.8, 4) is 6.07 Å². The molecule has 0 aliphatic heterocycles. The van der Waals surface area contributed by atoms with Gasteiger partial charge in [-0.3, -0.25) is 4.68 Å². The van der Waals surface area contributed by atoms with Crippen LogP contribution < -0.4 is 0 Å². The molecule has 19 heavy (non-hydrogen) atoms. The van der Waals surface area contributed by atoms with Crippen LogP contribution in [-0.2, 0) is 20.0 Å². The van der Waals surface area contributed by atoms with E-state index in [1.54, 1.807) is 4.68 Å². The number of benzene rings is 1. The van der Waals surface area contributed by atoms with Crippen molar-refractivity contribution < 1.29 is 0 Å². The Morgan fingerprint density at radius 3 is 2.89 bits per heavy atom.